The summed E-state index contributed by atoms with van der Waals surface area (Å²) >= 11 is 0. The number of amides is 1. The summed E-state index contributed by atoms with van der Waals surface area (Å²) in [5.74, 6) is 1.41. The van der Waals surface area contributed by atoms with E-state index in [0.29, 0.717) is 0 Å². The molecule has 0 N–H and O–H groups in total. The van der Waals surface area contributed by atoms with Crippen molar-refractivity contribution in [3.8, 4) is 0 Å². The van der Waals surface area contributed by atoms with Gasteiger partial charge >= 0.3 is 31.1 Å². The van der Waals surface area contributed by atoms with Gasteiger partial charge in [0.15, 0.2) is 0 Å². The molecule has 0 unspecified atom stereocenters. The fourth-order valence-corrected chi connectivity index (χ4v) is 1.18. The number of hydrogen-bond acceptors (Lipinski definition) is 2. The Morgan fingerprint density at radius 1 is 1.64 bits per heavy atom. The summed E-state index contributed by atoms with van der Waals surface area (Å²) in [4.78, 5) is 13.8. The molecule has 60 valence electrons. The first kappa shape index (κ1) is 11.5. The molecule has 1 heterocycles. The van der Waals surface area contributed by atoms with Crippen molar-refractivity contribution >= 4 is 6.41 Å². The van der Waals surface area contributed by atoms with Crippen molar-refractivity contribution in [3.05, 3.63) is 5.92 Å². The first-order chi connectivity index (χ1) is 4.72. The molecule has 1 rings (SSSR count). The molecule has 0 atom stereocenters. The smallest absolute Gasteiger partial charge is 0.544 e. The van der Waals surface area contributed by atoms with Crippen LogP contribution in [-0.2, 0) is 4.79 Å². The number of carbonyl (C=O) groups excluding carboxylic acids is 1. The molecule has 4 heteroatoms. The van der Waals surface area contributed by atoms with Gasteiger partial charge in [-0.25, -0.2) is 0 Å². The summed E-state index contributed by atoms with van der Waals surface area (Å²) in [7, 11) is 3.81. The van der Waals surface area contributed by atoms with E-state index in [-0.39, 0.29) is 31.1 Å². The van der Waals surface area contributed by atoms with Gasteiger partial charge in [0.25, 0.3) is 0 Å². The van der Waals surface area contributed by atoms with Crippen molar-refractivity contribution in [2.45, 2.75) is 0 Å². The van der Waals surface area contributed by atoms with Crippen LogP contribution in [0.1, 0.15) is 0 Å². The number of rotatable bonds is 3. The van der Waals surface area contributed by atoms with Gasteiger partial charge < -0.3 is 14.6 Å². The third-order valence-corrected chi connectivity index (χ3v) is 1.60. The van der Waals surface area contributed by atoms with Crippen LogP contribution in [0, 0.1) is 37.0 Å². The van der Waals surface area contributed by atoms with Crippen molar-refractivity contribution in [3.63, 3.8) is 0 Å². The fraction of sp³-hybridized carbons (Fsp3) is 0.714. The van der Waals surface area contributed by atoms with Gasteiger partial charge in [-0.05, 0) is 14.1 Å². The molecule has 11 heavy (non-hydrogen) atoms. The molecule has 1 amide bonds. The molecule has 1 saturated heterocycles. The van der Waals surface area contributed by atoms with Crippen LogP contribution < -0.4 is 0 Å². The molecule has 0 aliphatic carbocycles. The second kappa shape index (κ2) is 5.18. The van der Waals surface area contributed by atoms with E-state index in [9.17, 15) is 4.79 Å². The first-order valence-corrected chi connectivity index (χ1v) is 3.33. The van der Waals surface area contributed by atoms with Crippen LogP contribution in [0.4, 0.5) is 0 Å². The Labute approximate surface area is 91.5 Å². The van der Waals surface area contributed by atoms with E-state index in [2.05, 4.69) is 11.9 Å². The summed E-state index contributed by atoms with van der Waals surface area (Å²) in [5, 5.41) is 0. The maximum atomic E-state index is 10.0. The molecular formula is C7H12N2OU. The zero-order chi connectivity index (χ0) is 7.56. The van der Waals surface area contributed by atoms with Gasteiger partial charge in [0.05, 0.1) is 0 Å². The standard InChI is InChI=1S/C7H12N2O.U/c1-8-3-7(4-8)5-9(2)6-10;/h3-5H2,1-2H3;/q-2;+2. The maximum absolute atomic E-state index is 10.0. The second-order valence-corrected chi connectivity index (χ2v) is 2.87. The molecule has 0 spiro atoms. The Balaban J connectivity index is 0.000001000. The van der Waals surface area contributed by atoms with Crippen LogP contribution in [0.3, 0.4) is 0 Å². The van der Waals surface area contributed by atoms with Gasteiger partial charge in [-0.2, -0.15) is 6.41 Å². The van der Waals surface area contributed by atoms with Gasteiger partial charge in [-0.15, -0.1) is 19.6 Å². The largest absolute Gasteiger partial charge is 2.00 e. The topological polar surface area (TPSA) is 23.6 Å². The third-order valence-electron chi connectivity index (χ3n) is 1.60. The number of nitrogens with zero attached hydrogens (tertiary/aromatic N) is 2. The van der Waals surface area contributed by atoms with Crippen LogP contribution in [0.15, 0.2) is 0 Å². The molecule has 1 fully saturated rings. The fourth-order valence-electron chi connectivity index (χ4n) is 1.18. The van der Waals surface area contributed by atoms with Gasteiger partial charge in [0, 0.05) is 0 Å². The van der Waals surface area contributed by atoms with E-state index in [0.717, 1.165) is 19.6 Å². The van der Waals surface area contributed by atoms with E-state index in [1.807, 2.05) is 6.41 Å². The van der Waals surface area contributed by atoms with Crippen LogP contribution in [0.25, 0.3) is 0 Å². The van der Waals surface area contributed by atoms with Crippen molar-refractivity contribution in [1.82, 2.24) is 9.80 Å². The van der Waals surface area contributed by atoms with Gasteiger partial charge in [0.2, 0.25) is 0 Å². The summed E-state index contributed by atoms with van der Waals surface area (Å²) in [6, 6.07) is 0. The molecule has 3 nitrogen and oxygen atoms in total. The van der Waals surface area contributed by atoms with Crippen molar-refractivity contribution in [1.29, 1.82) is 0 Å². The van der Waals surface area contributed by atoms with Crippen LogP contribution in [-0.4, -0.2) is 49.9 Å². The van der Waals surface area contributed by atoms with Crippen LogP contribution >= 0.6 is 0 Å². The zero-order valence-electron chi connectivity index (χ0n) is 6.92. The zero-order valence-corrected chi connectivity index (χ0v) is 11.1. The SMILES string of the molecule is CN([C-]=O)C[C-]1CN(C)C1.[U+2]. The van der Waals surface area contributed by atoms with E-state index >= 15 is 0 Å². The number of hydrogen-bond donors (Lipinski definition) is 0. The van der Waals surface area contributed by atoms with Gasteiger partial charge in [0.1, 0.15) is 0 Å². The molecule has 0 saturated carbocycles. The van der Waals surface area contributed by atoms with Gasteiger partial charge in [-0.3, -0.25) is 5.92 Å². The first-order valence-electron chi connectivity index (χ1n) is 3.33. The average Bonchev–Trinajstić information content (AvgIpc) is 1.84. The number of likely N-dealkylation sites (tertiary alicyclic amines) is 1. The molecular weight excluding hydrogens is 366 g/mol. The van der Waals surface area contributed by atoms with Crippen molar-refractivity contribution in [2.24, 2.45) is 0 Å². The third kappa shape index (κ3) is 3.60. The predicted molar refractivity (Wildman–Crippen MR) is 39.1 cm³/mol. The molecule has 0 aromatic carbocycles. The summed E-state index contributed by atoms with van der Waals surface area (Å²) in [5.41, 5.74) is 0. The van der Waals surface area contributed by atoms with Crippen LogP contribution in [0.5, 0.6) is 0 Å². The quantitative estimate of drug-likeness (QED) is 0.489. The molecule has 0 aromatic rings. The van der Waals surface area contributed by atoms with E-state index in [4.69, 9.17) is 0 Å². The van der Waals surface area contributed by atoms with Crippen molar-refractivity contribution < 1.29 is 35.9 Å². The van der Waals surface area contributed by atoms with E-state index in [1.165, 1.54) is 5.92 Å². The summed E-state index contributed by atoms with van der Waals surface area (Å²) in [6.07, 6.45) is 1.82. The Morgan fingerprint density at radius 3 is 2.55 bits per heavy atom. The Morgan fingerprint density at radius 2 is 2.18 bits per heavy atom. The minimum atomic E-state index is 0. The van der Waals surface area contributed by atoms with Crippen LogP contribution in [0.2, 0.25) is 0 Å². The Hall–Kier alpha value is 0.482. The molecule has 1 aliphatic heterocycles. The second-order valence-electron chi connectivity index (χ2n) is 2.87. The molecule has 0 radical (unpaired) electrons. The Kier molecular flexibility index (Phi) is 5.41. The van der Waals surface area contributed by atoms with Crippen molar-refractivity contribution in [2.75, 3.05) is 33.7 Å². The van der Waals surface area contributed by atoms with E-state index in [1.54, 1.807) is 11.9 Å². The average molecular weight is 378 g/mol. The van der Waals surface area contributed by atoms with Gasteiger partial charge in [-0.1, -0.05) is 0 Å². The molecule has 1 aliphatic rings. The Bertz CT molecular complexity index is 126. The van der Waals surface area contributed by atoms with E-state index < -0.39 is 0 Å². The minimum Gasteiger partial charge on any atom is -0.544 e. The minimum absolute atomic E-state index is 0. The predicted octanol–water partition coefficient (Wildman–Crippen LogP) is -0.495. The monoisotopic (exact) mass is 378 g/mol. The molecule has 0 aromatic heterocycles. The summed E-state index contributed by atoms with van der Waals surface area (Å²) < 4.78 is 0. The summed E-state index contributed by atoms with van der Waals surface area (Å²) in [6.45, 7) is 2.84. The maximum Gasteiger partial charge on any atom is 2.00 e. The normalized spacial score (nSPS) is 18.4. The molecule has 0 bridgehead atoms.